The second kappa shape index (κ2) is 6.41. The molecule has 1 amide bonds. The summed E-state index contributed by atoms with van der Waals surface area (Å²) in [6, 6.07) is 7.10. The Kier molecular flexibility index (Phi) is 4.59. The second-order valence-corrected chi connectivity index (χ2v) is 5.54. The van der Waals surface area contributed by atoms with Crippen molar-refractivity contribution < 1.29 is 14.3 Å². The number of esters is 1. The van der Waals surface area contributed by atoms with Gasteiger partial charge in [0.15, 0.2) is 0 Å². The van der Waals surface area contributed by atoms with Crippen LogP contribution in [0.3, 0.4) is 0 Å². The number of benzene rings is 1. The summed E-state index contributed by atoms with van der Waals surface area (Å²) >= 11 is 1.48. The number of methoxy groups -OCH3 is 1. The van der Waals surface area contributed by atoms with Crippen LogP contribution in [0, 0.1) is 6.92 Å². The fourth-order valence-electron chi connectivity index (χ4n) is 1.89. The van der Waals surface area contributed by atoms with Crippen molar-refractivity contribution in [2.24, 2.45) is 5.73 Å². The largest absolute Gasteiger partial charge is 0.465 e. The molecule has 6 heteroatoms. The minimum absolute atomic E-state index is 0.353. The lowest BCUT2D eigenvalue weighted by atomic mass is 10.1. The van der Waals surface area contributed by atoms with E-state index in [-0.39, 0.29) is 5.97 Å². The van der Waals surface area contributed by atoms with Crippen molar-refractivity contribution in [2.45, 2.75) is 13.5 Å². The third kappa shape index (κ3) is 3.61. The molecule has 0 spiro atoms. The van der Waals surface area contributed by atoms with E-state index in [0.29, 0.717) is 17.7 Å². The first kappa shape index (κ1) is 15.1. The summed E-state index contributed by atoms with van der Waals surface area (Å²) in [5.74, 6) is -0.773. The van der Waals surface area contributed by atoms with Crippen LogP contribution in [0.1, 0.15) is 31.2 Å². The van der Waals surface area contributed by atoms with Crippen molar-refractivity contribution in [3.63, 3.8) is 0 Å². The lowest BCUT2D eigenvalue weighted by Crippen LogP contribution is -2.09. The number of carbonyl (C=O) groups is 2. The maximum atomic E-state index is 11.4. The van der Waals surface area contributed by atoms with Gasteiger partial charge in [0, 0.05) is 22.5 Å². The highest BCUT2D eigenvalue weighted by Gasteiger charge is 2.08. The van der Waals surface area contributed by atoms with E-state index >= 15 is 0 Å². The van der Waals surface area contributed by atoms with Crippen molar-refractivity contribution in [1.82, 2.24) is 0 Å². The third-order valence-corrected chi connectivity index (χ3v) is 3.98. The number of hydrogen-bond acceptors (Lipinski definition) is 5. The average Bonchev–Trinajstić information content (AvgIpc) is 2.94. The summed E-state index contributed by atoms with van der Waals surface area (Å²) in [4.78, 5) is 23.5. The van der Waals surface area contributed by atoms with E-state index in [2.05, 4.69) is 10.1 Å². The number of anilines is 1. The van der Waals surface area contributed by atoms with E-state index in [0.717, 1.165) is 16.1 Å². The standard InChI is InChI=1S/C15H16N2O3S/c1-9-5-10(15(19)20-2)3-4-13(9)17-7-12-6-11(8-21-12)14(16)18/h3-6,8,17H,7H2,1-2H3,(H2,16,18). The smallest absolute Gasteiger partial charge is 0.337 e. The quantitative estimate of drug-likeness (QED) is 0.832. The average molecular weight is 304 g/mol. The summed E-state index contributed by atoms with van der Waals surface area (Å²) in [6.07, 6.45) is 0. The van der Waals surface area contributed by atoms with Crippen LogP contribution in [0.25, 0.3) is 0 Å². The number of nitrogens with one attached hydrogen (secondary N) is 1. The molecule has 3 N–H and O–H groups in total. The molecule has 5 nitrogen and oxygen atoms in total. The van der Waals surface area contributed by atoms with Crippen LogP contribution in [-0.4, -0.2) is 19.0 Å². The first-order chi connectivity index (χ1) is 10.0. The van der Waals surface area contributed by atoms with E-state index < -0.39 is 5.91 Å². The van der Waals surface area contributed by atoms with Crippen molar-refractivity contribution in [3.05, 3.63) is 51.2 Å². The van der Waals surface area contributed by atoms with E-state index in [1.165, 1.54) is 18.4 Å². The van der Waals surface area contributed by atoms with Crippen LogP contribution in [0.15, 0.2) is 29.6 Å². The molecule has 0 atom stereocenters. The Labute approximate surface area is 126 Å². The van der Waals surface area contributed by atoms with Gasteiger partial charge in [0.05, 0.1) is 18.2 Å². The summed E-state index contributed by atoms with van der Waals surface area (Å²) in [7, 11) is 1.36. The molecule has 0 saturated carbocycles. The molecule has 2 rings (SSSR count). The Morgan fingerprint density at radius 1 is 1.29 bits per heavy atom. The molecule has 21 heavy (non-hydrogen) atoms. The number of hydrogen-bond donors (Lipinski definition) is 2. The summed E-state index contributed by atoms with van der Waals surface area (Å²) in [5.41, 5.74) is 8.14. The number of rotatable bonds is 5. The Hall–Kier alpha value is -2.34. The molecule has 0 bridgehead atoms. The van der Waals surface area contributed by atoms with Gasteiger partial charge < -0.3 is 15.8 Å². The van der Waals surface area contributed by atoms with E-state index in [1.807, 2.05) is 13.0 Å². The van der Waals surface area contributed by atoms with Gasteiger partial charge in [-0.25, -0.2) is 4.79 Å². The van der Waals surface area contributed by atoms with Crippen LogP contribution in [0.5, 0.6) is 0 Å². The maximum Gasteiger partial charge on any atom is 0.337 e. The summed E-state index contributed by atoms with van der Waals surface area (Å²) in [6.45, 7) is 2.51. The zero-order valence-corrected chi connectivity index (χ0v) is 12.6. The van der Waals surface area contributed by atoms with Crippen molar-refractivity contribution >= 4 is 28.9 Å². The molecule has 2 aromatic rings. The first-order valence-corrected chi connectivity index (χ1v) is 7.19. The summed E-state index contributed by atoms with van der Waals surface area (Å²) in [5, 5.41) is 5.01. The van der Waals surface area contributed by atoms with Crippen LogP contribution in [0.2, 0.25) is 0 Å². The number of nitrogens with two attached hydrogens (primary N) is 1. The molecule has 1 heterocycles. The molecule has 110 valence electrons. The van der Waals surface area contributed by atoms with Crippen LogP contribution < -0.4 is 11.1 Å². The van der Waals surface area contributed by atoms with Gasteiger partial charge >= 0.3 is 5.97 Å². The molecule has 1 aromatic heterocycles. The number of carbonyl (C=O) groups excluding carboxylic acids is 2. The van der Waals surface area contributed by atoms with Crippen LogP contribution >= 0.6 is 11.3 Å². The lowest BCUT2D eigenvalue weighted by molar-refractivity contribution is 0.0600. The number of ether oxygens (including phenoxy) is 1. The van der Waals surface area contributed by atoms with Gasteiger partial charge in [-0.15, -0.1) is 11.3 Å². The minimum atomic E-state index is -0.420. The van der Waals surface area contributed by atoms with Gasteiger partial charge in [0.25, 0.3) is 0 Å². The fraction of sp³-hybridized carbons (Fsp3) is 0.200. The third-order valence-electron chi connectivity index (χ3n) is 3.04. The Balaban J connectivity index is 2.06. The monoisotopic (exact) mass is 304 g/mol. The second-order valence-electron chi connectivity index (χ2n) is 4.54. The van der Waals surface area contributed by atoms with E-state index in [1.54, 1.807) is 23.6 Å². The Bertz CT molecular complexity index is 679. The number of thiophene rings is 1. The van der Waals surface area contributed by atoms with Gasteiger partial charge in [-0.3, -0.25) is 4.79 Å². The Morgan fingerprint density at radius 2 is 2.05 bits per heavy atom. The molecular formula is C15H16N2O3S. The molecule has 0 radical (unpaired) electrons. The molecule has 0 unspecified atom stereocenters. The predicted molar refractivity (Wildman–Crippen MR) is 82.7 cm³/mol. The van der Waals surface area contributed by atoms with Crippen molar-refractivity contribution in [2.75, 3.05) is 12.4 Å². The van der Waals surface area contributed by atoms with Crippen LogP contribution in [-0.2, 0) is 11.3 Å². The van der Waals surface area contributed by atoms with Gasteiger partial charge in [0.1, 0.15) is 0 Å². The SMILES string of the molecule is COC(=O)c1ccc(NCc2cc(C(N)=O)cs2)c(C)c1. The predicted octanol–water partition coefficient (Wildman–Crippen LogP) is 2.55. The first-order valence-electron chi connectivity index (χ1n) is 6.31. The molecule has 0 aliphatic carbocycles. The lowest BCUT2D eigenvalue weighted by Gasteiger charge is -2.09. The topological polar surface area (TPSA) is 81.4 Å². The van der Waals surface area contributed by atoms with Gasteiger partial charge in [0.2, 0.25) is 5.91 Å². The normalized spacial score (nSPS) is 10.2. The fourth-order valence-corrected chi connectivity index (χ4v) is 2.70. The van der Waals surface area contributed by atoms with Crippen LogP contribution in [0.4, 0.5) is 5.69 Å². The maximum absolute atomic E-state index is 11.4. The minimum Gasteiger partial charge on any atom is -0.465 e. The van der Waals surface area contributed by atoms with Crippen molar-refractivity contribution in [3.8, 4) is 0 Å². The van der Waals surface area contributed by atoms with E-state index in [9.17, 15) is 9.59 Å². The highest BCUT2D eigenvalue weighted by Crippen LogP contribution is 2.20. The molecule has 0 aliphatic heterocycles. The number of primary amides is 1. The summed E-state index contributed by atoms with van der Waals surface area (Å²) < 4.78 is 4.68. The molecule has 1 aromatic carbocycles. The zero-order chi connectivity index (χ0) is 15.4. The molecule has 0 saturated heterocycles. The highest BCUT2D eigenvalue weighted by atomic mass is 32.1. The Morgan fingerprint density at radius 3 is 2.62 bits per heavy atom. The van der Waals surface area contributed by atoms with Gasteiger partial charge in [-0.05, 0) is 36.8 Å². The molecule has 0 fully saturated rings. The van der Waals surface area contributed by atoms with E-state index in [4.69, 9.17) is 5.73 Å². The molecule has 0 aliphatic rings. The van der Waals surface area contributed by atoms with Gasteiger partial charge in [-0.2, -0.15) is 0 Å². The number of amides is 1. The number of aryl methyl sites for hydroxylation is 1. The van der Waals surface area contributed by atoms with Crippen molar-refractivity contribution in [1.29, 1.82) is 0 Å². The molecular weight excluding hydrogens is 288 g/mol. The van der Waals surface area contributed by atoms with Gasteiger partial charge in [-0.1, -0.05) is 0 Å². The highest BCUT2D eigenvalue weighted by molar-refractivity contribution is 7.10. The zero-order valence-electron chi connectivity index (χ0n) is 11.8.